The molecule has 0 aliphatic carbocycles. The van der Waals surface area contributed by atoms with Gasteiger partial charge in [0.15, 0.2) is 5.78 Å². The molecule has 5 heteroatoms. The van der Waals surface area contributed by atoms with Crippen LogP contribution >= 0.6 is 0 Å². The summed E-state index contributed by atoms with van der Waals surface area (Å²) in [5.41, 5.74) is 6.38. The maximum atomic E-state index is 12.4. The first kappa shape index (κ1) is 14.1. The normalized spacial score (nSPS) is 11.3. The van der Waals surface area contributed by atoms with E-state index < -0.39 is 11.7 Å². The van der Waals surface area contributed by atoms with Crippen LogP contribution in [0.1, 0.15) is 21.5 Å². The highest BCUT2D eigenvalue weighted by Crippen LogP contribution is 2.29. The molecule has 104 valence electrons. The summed E-state index contributed by atoms with van der Waals surface area (Å²) < 4.78 is 37.2. The lowest BCUT2D eigenvalue weighted by Crippen LogP contribution is -2.06. The lowest BCUT2D eigenvalue weighted by Gasteiger charge is -2.07. The molecule has 2 nitrogen and oxygen atoms in total. The number of carbonyl (C=O) groups is 1. The van der Waals surface area contributed by atoms with E-state index in [9.17, 15) is 18.0 Å². The van der Waals surface area contributed by atoms with E-state index in [0.717, 1.165) is 12.1 Å². The molecule has 0 spiro atoms. The smallest absolute Gasteiger partial charge is 0.399 e. The highest BCUT2D eigenvalue weighted by Gasteiger charge is 2.29. The Morgan fingerprint density at radius 2 is 1.50 bits per heavy atom. The minimum absolute atomic E-state index is 0.0576. The molecule has 0 bridgehead atoms. The number of nitrogens with two attached hydrogens (primary N) is 1. The zero-order valence-corrected chi connectivity index (χ0v) is 10.4. The molecule has 0 heterocycles. The van der Waals surface area contributed by atoms with E-state index in [1.807, 2.05) is 0 Å². The molecule has 0 radical (unpaired) electrons. The topological polar surface area (TPSA) is 43.1 Å². The van der Waals surface area contributed by atoms with E-state index in [2.05, 4.69) is 0 Å². The molecule has 0 fully saturated rings. The van der Waals surface area contributed by atoms with E-state index in [4.69, 9.17) is 5.73 Å². The van der Waals surface area contributed by atoms with Crippen LogP contribution in [0.4, 0.5) is 18.9 Å². The minimum Gasteiger partial charge on any atom is -0.399 e. The summed E-state index contributed by atoms with van der Waals surface area (Å²) in [6, 6.07) is 11.0. The Bertz CT molecular complexity index is 601. The maximum Gasteiger partial charge on any atom is 0.416 e. The Balaban J connectivity index is 2.10. The van der Waals surface area contributed by atoms with Crippen LogP contribution in [0.15, 0.2) is 48.5 Å². The second kappa shape index (κ2) is 5.36. The lowest BCUT2D eigenvalue weighted by molar-refractivity contribution is -0.137. The summed E-state index contributed by atoms with van der Waals surface area (Å²) in [4.78, 5) is 11.9. The standard InChI is InChI=1S/C15H12F3NO/c16-15(17,18)12-5-1-10(2-6-12)9-14(20)11-3-7-13(19)8-4-11/h1-8H,9,19H2. The zero-order chi connectivity index (χ0) is 14.8. The fraction of sp³-hybridized carbons (Fsp3) is 0.133. The van der Waals surface area contributed by atoms with Gasteiger partial charge in [0.2, 0.25) is 0 Å². The molecule has 2 N–H and O–H groups in total. The van der Waals surface area contributed by atoms with E-state index in [1.165, 1.54) is 12.1 Å². The quantitative estimate of drug-likeness (QED) is 0.687. The van der Waals surface area contributed by atoms with Crippen molar-refractivity contribution in [3.05, 3.63) is 65.2 Å². The molecular formula is C15H12F3NO. The Kier molecular flexibility index (Phi) is 3.79. The maximum absolute atomic E-state index is 12.4. The molecule has 0 atom stereocenters. The van der Waals surface area contributed by atoms with E-state index >= 15 is 0 Å². The molecule has 0 amide bonds. The fourth-order valence-corrected chi connectivity index (χ4v) is 1.77. The van der Waals surface area contributed by atoms with Crippen LogP contribution in [0.2, 0.25) is 0 Å². The molecule has 0 aliphatic heterocycles. The third-order valence-electron chi connectivity index (χ3n) is 2.88. The van der Waals surface area contributed by atoms with E-state index in [0.29, 0.717) is 16.8 Å². The van der Waals surface area contributed by atoms with Gasteiger partial charge in [-0.05, 0) is 42.0 Å². The van der Waals surface area contributed by atoms with Gasteiger partial charge < -0.3 is 5.73 Å². The van der Waals surface area contributed by atoms with Crippen LogP contribution in [0, 0.1) is 0 Å². The number of rotatable bonds is 3. The Hall–Kier alpha value is -2.30. The molecule has 0 unspecified atom stereocenters. The van der Waals surface area contributed by atoms with Crippen molar-refractivity contribution in [2.24, 2.45) is 0 Å². The van der Waals surface area contributed by atoms with Crippen LogP contribution < -0.4 is 5.73 Å². The first-order valence-electron chi connectivity index (χ1n) is 5.91. The number of Topliss-reactive ketones (excluding diaryl/α,β-unsaturated/α-hetero) is 1. The highest BCUT2D eigenvalue weighted by molar-refractivity contribution is 5.97. The first-order valence-corrected chi connectivity index (χ1v) is 5.91. The van der Waals surface area contributed by atoms with Crippen molar-refractivity contribution in [2.75, 3.05) is 5.73 Å². The zero-order valence-electron chi connectivity index (χ0n) is 10.4. The number of halogens is 3. The third kappa shape index (κ3) is 3.38. The van der Waals surface area contributed by atoms with Crippen molar-refractivity contribution in [3.8, 4) is 0 Å². The minimum atomic E-state index is -4.36. The molecule has 2 aromatic carbocycles. The summed E-state index contributed by atoms with van der Waals surface area (Å²) in [5, 5.41) is 0. The van der Waals surface area contributed by atoms with Gasteiger partial charge in [-0.15, -0.1) is 0 Å². The second-order valence-corrected chi connectivity index (χ2v) is 4.42. The molecular weight excluding hydrogens is 267 g/mol. The fourth-order valence-electron chi connectivity index (χ4n) is 1.77. The van der Waals surface area contributed by atoms with Crippen molar-refractivity contribution in [1.82, 2.24) is 0 Å². The number of ketones is 1. The third-order valence-corrected chi connectivity index (χ3v) is 2.88. The molecule has 2 rings (SSSR count). The predicted octanol–water partition coefficient (Wildman–Crippen LogP) is 3.71. The number of carbonyl (C=O) groups excluding carboxylic acids is 1. The van der Waals surface area contributed by atoms with E-state index in [1.54, 1.807) is 24.3 Å². The highest BCUT2D eigenvalue weighted by atomic mass is 19.4. The molecule has 0 saturated carbocycles. The average molecular weight is 279 g/mol. The lowest BCUT2D eigenvalue weighted by atomic mass is 10.0. The number of benzene rings is 2. The number of nitrogen functional groups attached to an aromatic ring is 1. The van der Waals surface area contributed by atoms with Gasteiger partial charge in [-0.25, -0.2) is 0 Å². The SMILES string of the molecule is Nc1ccc(C(=O)Cc2ccc(C(F)(F)F)cc2)cc1. The molecule has 0 saturated heterocycles. The van der Waals surface area contributed by atoms with Gasteiger partial charge >= 0.3 is 6.18 Å². The summed E-state index contributed by atoms with van der Waals surface area (Å²) in [6.07, 6.45) is -4.30. The summed E-state index contributed by atoms with van der Waals surface area (Å²) >= 11 is 0. The number of hydrogen-bond donors (Lipinski definition) is 1. The molecule has 0 aliphatic rings. The van der Waals surface area contributed by atoms with Gasteiger partial charge in [0.25, 0.3) is 0 Å². The van der Waals surface area contributed by atoms with Crippen molar-refractivity contribution in [1.29, 1.82) is 0 Å². The van der Waals surface area contributed by atoms with Gasteiger partial charge in [-0.2, -0.15) is 13.2 Å². The Labute approximate surface area is 114 Å². The van der Waals surface area contributed by atoms with Crippen LogP contribution in [0.25, 0.3) is 0 Å². The Morgan fingerprint density at radius 1 is 0.950 bits per heavy atom. The molecule has 20 heavy (non-hydrogen) atoms. The van der Waals surface area contributed by atoms with Gasteiger partial charge in [-0.1, -0.05) is 12.1 Å². The van der Waals surface area contributed by atoms with Crippen molar-refractivity contribution in [2.45, 2.75) is 12.6 Å². The number of anilines is 1. The summed E-state index contributed by atoms with van der Waals surface area (Å²) in [5.74, 6) is -0.162. The Morgan fingerprint density at radius 3 is 2.00 bits per heavy atom. The van der Waals surface area contributed by atoms with Gasteiger partial charge in [0, 0.05) is 17.7 Å². The van der Waals surface area contributed by atoms with Crippen molar-refractivity contribution >= 4 is 11.5 Å². The molecule has 0 aromatic heterocycles. The van der Waals surface area contributed by atoms with Crippen LogP contribution in [-0.2, 0) is 12.6 Å². The van der Waals surface area contributed by atoms with Gasteiger partial charge in [-0.3, -0.25) is 4.79 Å². The van der Waals surface area contributed by atoms with Crippen molar-refractivity contribution < 1.29 is 18.0 Å². The van der Waals surface area contributed by atoms with Crippen molar-refractivity contribution in [3.63, 3.8) is 0 Å². The second-order valence-electron chi connectivity index (χ2n) is 4.42. The molecule has 2 aromatic rings. The van der Waals surface area contributed by atoms with Gasteiger partial charge in [0.1, 0.15) is 0 Å². The van der Waals surface area contributed by atoms with Crippen LogP contribution in [0.5, 0.6) is 0 Å². The number of hydrogen-bond acceptors (Lipinski definition) is 2. The van der Waals surface area contributed by atoms with E-state index in [-0.39, 0.29) is 12.2 Å². The van der Waals surface area contributed by atoms with Gasteiger partial charge in [0.05, 0.1) is 5.56 Å². The predicted molar refractivity (Wildman–Crippen MR) is 70.3 cm³/mol. The van der Waals surface area contributed by atoms with Crippen LogP contribution in [-0.4, -0.2) is 5.78 Å². The summed E-state index contributed by atoms with van der Waals surface area (Å²) in [7, 11) is 0. The average Bonchev–Trinajstić information content (AvgIpc) is 2.39. The largest absolute Gasteiger partial charge is 0.416 e. The summed E-state index contributed by atoms with van der Waals surface area (Å²) in [6.45, 7) is 0. The first-order chi connectivity index (χ1) is 9.36. The number of alkyl halides is 3. The monoisotopic (exact) mass is 279 g/mol. The van der Waals surface area contributed by atoms with Crippen LogP contribution in [0.3, 0.4) is 0 Å².